The number of carbonyl (C=O) groups excluding carboxylic acids is 1. The lowest BCUT2D eigenvalue weighted by atomic mass is 9.58. The average molecular weight is 536 g/mol. The Kier molecular flexibility index (Phi) is 11.0. The van der Waals surface area contributed by atoms with E-state index in [0.29, 0.717) is 31.5 Å². The number of amides is 1. The predicted octanol–water partition coefficient (Wildman–Crippen LogP) is -0.346. The van der Waals surface area contributed by atoms with Crippen molar-refractivity contribution in [3.05, 3.63) is 0 Å². The molecule has 2 heterocycles. The molecule has 3 fully saturated rings. The molecule has 3 unspecified atom stereocenters. The highest BCUT2D eigenvalue weighted by Crippen LogP contribution is 2.50. The first-order chi connectivity index (χ1) is 17.5. The van der Waals surface area contributed by atoms with E-state index < -0.39 is 61.7 Å². The van der Waals surface area contributed by atoms with Gasteiger partial charge in [-0.15, -0.1) is 0 Å². The summed E-state index contributed by atoms with van der Waals surface area (Å²) in [7, 11) is 0. The largest absolute Gasteiger partial charge is 0.441 e. The monoisotopic (exact) mass is 535 g/mol. The van der Waals surface area contributed by atoms with Crippen LogP contribution < -0.4 is 5.73 Å². The topological polar surface area (TPSA) is 190 Å². The van der Waals surface area contributed by atoms with Crippen molar-refractivity contribution in [1.29, 1.82) is 0 Å². The second-order valence-electron chi connectivity index (χ2n) is 11.2. The highest BCUT2D eigenvalue weighted by Gasteiger charge is 2.50. The van der Waals surface area contributed by atoms with Crippen LogP contribution in [0.15, 0.2) is 0 Å². The van der Waals surface area contributed by atoms with E-state index in [4.69, 9.17) is 34.5 Å². The number of ether oxygens (including phenoxy) is 5. The first-order valence-corrected chi connectivity index (χ1v) is 13.2. The number of nitrogens with two attached hydrogens (primary N) is 1. The van der Waals surface area contributed by atoms with Gasteiger partial charge in [0.1, 0.15) is 24.4 Å². The lowest BCUT2D eigenvalue weighted by molar-refractivity contribution is -0.331. The third-order valence-electron chi connectivity index (χ3n) is 8.23. The van der Waals surface area contributed by atoms with Crippen LogP contribution in [0.2, 0.25) is 0 Å². The molecule has 0 aromatic carbocycles. The fourth-order valence-corrected chi connectivity index (χ4v) is 6.00. The summed E-state index contributed by atoms with van der Waals surface area (Å²) >= 11 is 0. The zero-order valence-corrected chi connectivity index (χ0v) is 22.0. The molecule has 2 saturated heterocycles. The molecule has 0 bridgehead atoms. The highest BCUT2D eigenvalue weighted by atomic mass is 16.7. The quantitative estimate of drug-likeness (QED) is 0.179. The number of hydrogen-bond acceptors (Lipinski definition) is 11. The Bertz CT molecular complexity index is 713. The second kappa shape index (κ2) is 13.3. The molecule has 1 saturated carbocycles. The molecule has 2 aliphatic heterocycles. The maximum absolute atomic E-state index is 11.2. The minimum atomic E-state index is -1.60. The van der Waals surface area contributed by atoms with E-state index in [1.54, 1.807) is 6.92 Å². The van der Waals surface area contributed by atoms with Crippen LogP contribution in [0.25, 0.3) is 0 Å². The van der Waals surface area contributed by atoms with Crippen molar-refractivity contribution in [1.82, 2.24) is 0 Å². The predicted molar refractivity (Wildman–Crippen MR) is 129 cm³/mol. The fourth-order valence-electron chi connectivity index (χ4n) is 6.00. The number of primary amides is 1. The van der Waals surface area contributed by atoms with Crippen LogP contribution in [0.1, 0.15) is 52.9 Å². The Morgan fingerprint density at radius 2 is 1.78 bits per heavy atom. The summed E-state index contributed by atoms with van der Waals surface area (Å²) in [5, 5.41) is 50.2. The molecule has 37 heavy (non-hydrogen) atoms. The van der Waals surface area contributed by atoms with E-state index in [0.717, 1.165) is 25.7 Å². The molecule has 3 rings (SSSR count). The van der Waals surface area contributed by atoms with Crippen molar-refractivity contribution in [2.45, 2.75) is 108 Å². The van der Waals surface area contributed by atoms with Gasteiger partial charge in [0.25, 0.3) is 0 Å². The van der Waals surface area contributed by atoms with Crippen molar-refractivity contribution in [2.24, 2.45) is 23.0 Å². The first kappa shape index (κ1) is 30.5. The molecule has 7 N–H and O–H groups in total. The van der Waals surface area contributed by atoms with E-state index in [9.17, 15) is 25.2 Å². The van der Waals surface area contributed by atoms with Gasteiger partial charge in [0.15, 0.2) is 12.4 Å². The molecule has 3 aliphatic rings. The molecule has 11 atom stereocenters. The van der Waals surface area contributed by atoms with E-state index >= 15 is 0 Å². The summed E-state index contributed by atoms with van der Waals surface area (Å²) in [6, 6.07) is 0. The number of carbonyl (C=O) groups is 1. The maximum atomic E-state index is 11.2. The van der Waals surface area contributed by atoms with E-state index in [1.165, 1.54) is 0 Å². The Balaban J connectivity index is 1.55. The summed E-state index contributed by atoms with van der Waals surface area (Å²) in [5.74, 6) is 0.988. The van der Waals surface area contributed by atoms with Gasteiger partial charge >= 0.3 is 6.09 Å². The van der Waals surface area contributed by atoms with Crippen molar-refractivity contribution in [2.75, 3.05) is 26.4 Å². The molecule has 1 amide bonds. The minimum absolute atomic E-state index is 0.0221. The van der Waals surface area contributed by atoms with Crippen molar-refractivity contribution < 1.29 is 54.0 Å². The van der Waals surface area contributed by atoms with Crippen molar-refractivity contribution >= 4 is 6.09 Å². The molecule has 216 valence electrons. The van der Waals surface area contributed by atoms with Gasteiger partial charge in [-0.25, -0.2) is 4.79 Å². The summed E-state index contributed by atoms with van der Waals surface area (Å²) in [6.45, 7) is 6.63. The summed E-state index contributed by atoms with van der Waals surface area (Å²) in [5.41, 5.74) is 5.14. The Labute approximate surface area is 218 Å². The fraction of sp³-hybridized carbons (Fsp3) is 0.960. The minimum Gasteiger partial charge on any atom is -0.441 e. The van der Waals surface area contributed by atoms with Crippen LogP contribution in [-0.4, -0.2) is 113 Å². The molecule has 0 aromatic heterocycles. The lowest BCUT2D eigenvalue weighted by Crippen LogP contribution is -2.62. The molecule has 0 spiro atoms. The standard InChI is InChI=1S/C25H45NO11/c1-13-21(36-23-20(31)22(37-24(26)32)19(30)18(12-28)35-23)17(29)11-15(34-13)10-14-4-5-16(14)25(2,3)6-8-33-9-7-27/h13-23,27-31H,4-12H2,1-3H3,(H2,26,32)/t13?,14?,15-,16?,17-,18+,19+,20-,21+,22-,23+/m0/s1. The van der Waals surface area contributed by atoms with Crippen LogP contribution in [0, 0.1) is 17.3 Å². The zero-order valence-electron chi connectivity index (χ0n) is 22.0. The molecule has 1 aliphatic carbocycles. The average Bonchev–Trinajstić information content (AvgIpc) is 2.80. The zero-order chi connectivity index (χ0) is 27.3. The third-order valence-corrected chi connectivity index (χ3v) is 8.23. The summed E-state index contributed by atoms with van der Waals surface area (Å²) in [4.78, 5) is 11.2. The maximum Gasteiger partial charge on any atom is 0.404 e. The smallest absolute Gasteiger partial charge is 0.404 e. The van der Waals surface area contributed by atoms with Crippen LogP contribution >= 0.6 is 0 Å². The van der Waals surface area contributed by atoms with Crippen molar-refractivity contribution in [3.8, 4) is 0 Å². The normalized spacial score (nSPS) is 40.7. The van der Waals surface area contributed by atoms with Crippen LogP contribution in [-0.2, 0) is 23.7 Å². The van der Waals surface area contributed by atoms with E-state index in [2.05, 4.69) is 13.8 Å². The third kappa shape index (κ3) is 7.52. The second-order valence-corrected chi connectivity index (χ2v) is 11.2. The number of rotatable bonds is 12. The lowest BCUT2D eigenvalue weighted by Gasteiger charge is -2.50. The molecule has 12 heteroatoms. The van der Waals surface area contributed by atoms with Crippen LogP contribution in [0.4, 0.5) is 4.79 Å². The van der Waals surface area contributed by atoms with Gasteiger partial charge in [-0.3, -0.25) is 0 Å². The SMILES string of the molecule is CC1O[C@@H](CC2CCC2C(C)(C)CCOCCO)C[C@H](O)[C@@H]1O[C@H]1O[C@H](CO)[C@@H](O)[C@H](OC(N)=O)[C@@H]1O. The number of aliphatic hydroxyl groups is 5. The first-order valence-electron chi connectivity index (χ1n) is 13.2. The van der Waals surface area contributed by atoms with Gasteiger partial charge in [-0.1, -0.05) is 13.8 Å². The molecule has 0 radical (unpaired) electrons. The van der Waals surface area contributed by atoms with Gasteiger partial charge in [0.2, 0.25) is 0 Å². The number of hydrogen-bond donors (Lipinski definition) is 6. The van der Waals surface area contributed by atoms with E-state index in [-0.39, 0.29) is 18.1 Å². The van der Waals surface area contributed by atoms with E-state index in [1.807, 2.05) is 0 Å². The van der Waals surface area contributed by atoms with Crippen LogP contribution in [0.5, 0.6) is 0 Å². The van der Waals surface area contributed by atoms with Crippen molar-refractivity contribution in [3.63, 3.8) is 0 Å². The Morgan fingerprint density at radius 1 is 1.05 bits per heavy atom. The van der Waals surface area contributed by atoms with Gasteiger partial charge < -0.3 is 55.0 Å². The van der Waals surface area contributed by atoms with Gasteiger partial charge in [0.05, 0.1) is 38.1 Å². The van der Waals surface area contributed by atoms with Gasteiger partial charge in [-0.05, 0) is 49.9 Å². The number of aliphatic hydroxyl groups excluding tert-OH is 5. The van der Waals surface area contributed by atoms with Gasteiger partial charge in [-0.2, -0.15) is 0 Å². The molecular weight excluding hydrogens is 490 g/mol. The summed E-state index contributed by atoms with van der Waals surface area (Å²) in [6.07, 6.45) is -6.49. The molecule has 0 aromatic rings. The Hall–Kier alpha value is -1.09. The van der Waals surface area contributed by atoms with Crippen LogP contribution in [0.3, 0.4) is 0 Å². The molecular formula is C25H45NO11. The summed E-state index contributed by atoms with van der Waals surface area (Å²) < 4.78 is 27.9. The highest BCUT2D eigenvalue weighted by molar-refractivity contribution is 5.65. The van der Waals surface area contributed by atoms with Gasteiger partial charge in [0, 0.05) is 13.0 Å². The Morgan fingerprint density at radius 3 is 2.35 bits per heavy atom. The molecule has 12 nitrogen and oxygen atoms in total.